The summed E-state index contributed by atoms with van der Waals surface area (Å²) in [6.45, 7) is 3.57. The van der Waals surface area contributed by atoms with Gasteiger partial charge in [0.15, 0.2) is 6.10 Å². The van der Waals surface area contributed by atoms with Crippen molar-refractivity contribution in [3.05, 3.63) is 57.9 Å². The molecule has 0 spiro atoms. The maximum absolute atomic E-state index is 12.5. The molecule has 0 saturated heterocycles. The fraction of sp³-hybridized carbons (Fsp3) is 0.316. The highest BCUT2D eigenvalue weighted by Gasteiger charge is 2.31. The van der Waals surface area contributed by atoms with Crippen LogP contribution in [0.1, 0.15) is 40.2 Å². The monoisotopic (exact) mass is 392 g/mol. The number of carbonyl (C=O) groups is 2. The molecule has 144 valence electrons. The Morgan fingerprint density at radius 1 is 1.26 bits per heavy atom. The summed E-state index contributed by atoms with van der Waals surface area (Å²) >= 11 is 6.20. The van der Waals surface area contributed by atoms with Crippen molar-refractivity contribution in [3.8, 4) is 5.75 Å². The van der Waals surface area contributed by atoms with Crippen LogP contribution in [0.5, 0.6) is 5.75 Å². The van der Waals surface area contributed by atoms with Crippen molar-refractivity contribution in [2.75, 3.05) is 13.7 Å². The lowest BCUT2D eigenvalue weighted by Gasteiger charge is -2.21. The van der Waals surface area contributed by atoms with Crippen LogP contribution in [-0.2, 0) is 20.9 Å². The number of esters is 1. The molecule has 0 saturated carbocycles. The molecule has 2 aromatic rings. The lowest BCUT2D eigenvalue weighted by molar-refractivity contribution is -0.128. The highest BCUT2D eigenvalue weighted by atomic mass is 35.5. The Morgan fingerprint density at radius 3 is 2.48 bits per heavy atom. The second kappa shape index (κ2) is 9.34. The first kappa shape index (κ1) is 20.7. The van der Waals surface area contributed by atoms with E-state index in [1.54, 1.807) is 13.8 Å². The molecule has 1 amide bonds. The van der Waals surface area contributed by atoms with Crippen LogP contribution in [0.4, 0.5) is 0 Å². The van der Waals surface area contributed by atoms with Gasteiger partial charge in [-0.1, -0.05) is 41.9 Å². The number of amides is 1. The zero-order chi connectivity index (χ0) is 20.0. The summed E-state index contributed by atoms with van der Waals surface area (Å²) in [4.78, 5) is 28.5. The molecule has 0 aliphatic heterocycles. The van der Waals surface area contributed by atoms with Crippen molar-refractivity contribution in [1.29, 1.82) is 0 Å². The third kappa shape index (κ3) is 4.75. The number of nitrogens with zero attached hydrogens (tertiary/aromatic N) is 1. The first-order valence-corrected chi connectivity index (χ1v) is 8.64. The summed E-state index contributed by atoms with van der Waals surface area (Å²) in [6.07, 6.45) is -1.16. The normalized spacial score (nSPS) is 11.7. The van der Waals surface area contributed by atoms with Gasteiger partial charge in [-0.05, 0) is 19.4 Å². The summed E-state index contributed by atoms with van der Waals surface area (Å²) in [5, 5.41) is -0.0860. The Morgan fingerprint density at radius 2 is 1.93 bits per heavy atom. The van der Waals surface area contributed by atoms with E-state index in [0.29, 0.717) is 5.69 Å². The summed E-state index contributed by atoms with van der Waals surface area (Å²) in [5.41, 5.74) is 6.84. The minimum absolute atomic E-state index is 0.0699. The molecule has 0 fully saturated rings. The molecule has 1 unspecified atom stereocenters. The van der Waals surface area contributed by atoms with E-state index in [9.17, 15) is 9.59 Å². The zero-order valence-corrected chi connectivity index (χ0v) is 16.1. The number of halogens is 1. The first-order valence-electron chi connectivity index (χ1n) is 8.26. The van der Waals surface area contributed by atoms with Crippen molar-refractivity contribution in [2.24, 2.45) is 5.73 Å². The van der Waals surface area contributed by atoms with Crippen LogP contribution in [-0.4, -0.2) is 30.6 Å². The smallest absolute Gasteiger partial charge is 0.345 e. The van der Waals surface area contributed by atoms with Gasteiger partial charge in [-0.25, -0.2) is 9.78 Å². The van der Waals surface area contributed by atoms with Gasteiger partial charge in [0, 0.05) is 12.8 Å². The summed E-state index contributed by atoms with van der Waals surface area (Å²) < 4.78 is 16.2. The second-order valence-corrected chi connectivity index (χ2v) is 5.98. The van der Waals surface area contributed by atoms with Gasteiger partial charge in [-0.3, -0.25) is 4.79 Å². The van der Waals surface area contributed by atoms with E-state index in [1.165, 1.54) is 7.11 Å². The number of ether oxygens (including phenoxy) is 3. The summed E-state index contributed by atoms with van der Waals surface area (Å²) in [6, 6.07) is 9.32. The van der Waals surface area contributed by atoms with Crippen LogP contribution in [0.2, 0.25) is 5.15 Å². The van der Waals surface area contributed by atoms with Gasteiger partial charge in [0.25, 0.3) is 5.91 Å². The van der Waals surface area contributed by atoms with Crippen LogP contribution in [0.3, 0.4) is 0 Å². The molecule has 1 atom stereocenters. The topological polar surface area (TPSA) is 101 Å². The zero-order valence-electron chi connectivity index (χ0n) is 15.3. The Kier molecular flexibility index (Phi) is 7.15. The van der Waals surface area contributed by atoms with E-state index in [2.05, 4.69) is 4.98 Å². The Hall–Kier alpha value is -2.64. The van der Waals surface area contributed by atoms with Crippen molar-refractivity contribution in [1.82, 2.24) is 4.98 Å². The molecule has 1 aromatic heterocycles. The van der Waals surface area contributed by atoms with E-state index >= 15 is 0 Å². The molecular weight excluding hydrogens is 372 g/mol. The lowest BCUT2D eigenvalue weighted by atomic mass is 10.0. The third-order valence-corrected chi connectivity index (χ3v) is 4.07. The van der Waals surface area contributed by atoms with E-state index in [1.807, 2.05) is 30.3 Å². The van der Waals surface area contributed by atoms with Gasteiger partial charge in [0.05, 0.1) is 12.2 Å². The molecule has 2 rings (SSSR count). The Labute approximate surface area is 162 Å². The van der Waals surface area contributed by atoms with Crippen molar-refractivity contribution in [3.63, 3.8) is 0 Å². The van der Waals surface area contributed by atoms with Crippen molar-refractivity contribution >= 4 is 23.5 Å². The predicted octanol–water partition coefficient (Wildman–Crippen LogP) is 2.97. The van der Waals surface area contributed by atoms with E-state index < -0.39 is 18.0 Å². The number of aromatic nitrogens is 1. The SMILES string of the molecule is CCOC(=O)c1c(Cl)nc(C)c(C(OC)C(N)=O)c1OCc1ccccc1. The fourth-order valence-corrected chi connectivity index (χ4v) is 2.89. The third-order valence-electron chi connectivity index (χ3n) is 3.80. The molecule has 0 aliphatic rings. The molecule has 1 heterocycles. The van der Waals surface area contributed by atoms with Crippen LogP contribution < -0.4 is 10.5 Å². The number of rotatable bonds is 8. The first-order chi connectivity index (χ1) is 12.9. The van der Waals surface area contributed by atoms with E-state index in [-0.39, 0.29) is 35.2 Å². The maximum Gasteiger partial charge on any atom is 0.345 e. The van der Waals surface area contributed by atoms with Crippen LogP contribution in [0.25, 0.3) is 0 Å². The Bertz CT molecular complexity index is 827. The highest BCUT2D eigenvalue weighted by molar-refractivity contribution is 6.32. The fourth-order valence-electron chi connectivity index (χ4n) is 2.60. The average molecular weight is 393 g/mol. The number of benzene rings is 1. The standard InChI is InChI=1S/C19H21ClN2O5/c1-4-26-19(24)14-15(27-10-12-8-6-5-7-9-12)13(11(2)22-17(14)20)16(25-3)18(21)23/h5-9,16H,4,10H2,1-3H3,(H2,21,23). The molecule has 0 aliphatic carbocycles. The largest absolute Gasteiger partial charge is 0.487 e. The second-order valence-electron chi connectivity index (χ2n) is 5.62. The lowest BCUT2D eigenvalue weighted by Crippen LogP contribution is -2.25. The summed E-state index contributed by atoms with van der Waals surface area (Å²) in [5.74, 6) is -1.39. The number of carbonyl (C=O) groups excluding carboxylic acids is 2. The molecule has 1 aromatic carbocycles. The maximum atomic E-state index is 12.5. The number of pyridine rings is 1. The van der Waals surface area contributed by atoms with E-state index in [4.69, 9.17) is 31.5 Å². The van der Waals surface area contributed by atoms with Gasteiger partial charge < -0.3 is 19.9 Å². The number of methoxy groups -OCH3 is 1. The molecule has 0 bridgehead atoms. The molecule has 8 heteroatoms. The molecule has 27 heavy (non-hydrogen) atoms. The van der Waals surface area contributed by atoms with E-state index in [0.717, 1.165) is 5.56 Å². The number of hydrogen-bond donors (Lipinski definition) is 1. The van der Waals surface area contributed by atoms with Gasteiger partial charge in [-0.15, -0.1) is 0 Å². The van der Waals surface area contributed by atoms with Gasteiger partial charge in [0.1, 0.15) is 23.1 Å². The molecular formula is C19H21ClN2O5. The number of hydrogen-bond acceptors (Lipinski definition) is 6. The van der Waals surface area contributed by atoms with Crippen LogP contribution in [0, 0.1) is 6.92 Å². The highest BCUT2D eigenvalue weighted by Crippen LogP contribution is 2.37. The minimum Gasteiger partial charge on any atom is -0.487 e. The Balaban J connectivity index is 2.61. The van der Waals surface area contributed by atoms with Gasteiger partial charge >= 0.3 is 5.97 Å². The van der Waals surface area contributed by atoms with Crippen LogP contribution >= 0.6 is 11.6 Å². The molecule has 7 nitrogen and oxygen atoms in total. The van der Waals surface area contributed by atoms with Gasteiger partial charge in [0.2, 0.25) is 0 Å². The average Bonchev–Trinajstić information content (AvgIpc) is 2.63. The number of nitrogens with two attached hydrogens (primary N) is 1. The van der Waals surface area contributed by atoms with Crippen LogP contribution in [0.15, 0.2) is 30.3 Å². The van der Waals surface area contributed by atoms with Crippen molar-refractivity contribution < 1.29 is 23.8 Å². The minimum atomic E-state index is -1.16. The molecule has 0 radical (unpaired) electrons. The number of aryl methyl sites for hydroxylation is 1. The molecule has 2 N–H and O–H groups in total. The van der Waals surface area contributed by atoms with Gasteiger partial charge in [-0.2, -0.15) is 0 Å². The quantitative estimate of drug-likeness (QED) is 0.547. The predicted molar refractivity (Wildman–Crippen MR) is 99.7 cm³/mol. The number of primary amides is 1. The van der Waals surface area contributed by atoms with Crippen molar-refractivity contribution in [2.45, 2.75) is 26.6 Å². The summed E-state index contributed by atoms with van der Waals surface area (Å²) in [7, 11) is 1.33.